The van der Waals surface area contributed by atoms with Crippen molar-refractivity contribution in [3.8, 4) is 34.5 Å². The van der Waals surface area contributed by atoms with Gasteiger partial charge < -0.3 is 23.7 Å². The van der Waals surface area contributed by atoms with Crippen LogP contribution >= 0.6 is 0 Å². The van der Waals surface area contributed by atoms with Crippen LogP contribution in [0, 0.1) is 0 Å². The van der Waals surface area contributed by atoms with Crippen molar-refractivity contribution in [3.63, 3.8) is 0 Å². The van der Waals surface area contributed by atoms with Gasteiger partial charge in [-0.15, -0.1) is 0 Å². The second kappa shape index (κ2) is 7.71. The number of ether oxygens (including phenoxy) is 5. The molecule has 0 spiro atoms. The maximum Gasteiger partial charge on any atom is 0.162 e. The van der Waals surface area contributed by atoms with Crippen molar-refractivity contribution in [2.45, 2.75) is 0 Å². The van der Waals surface area contributed by atoms with Crippen molar-refractivity contribution in [2.75, 3.05) is 28.4 Å². The predicted molar refractivity (Wildman–Crippen MR) is 110 cm³/mol. The van der Waals surface area contributed by atoms with Gasteiger partial charge in [0.1, 0.15) is 11.5 Å². The summed E-state index contributed by atoms with van der Waals surface area (Å²) in [7, 11) is 6.37. The summed E-state index contributed by atoms with van der Waals surface area (Å²) in [5, 5.41) is 1.60. The van der Waals surface area contributed by atoms with Gasteiger partial charge in [-0.3, -0.25) is 9.97 Å². The zero-order valence-corrected chi connectivity index (χ0v) is 16.6. The van der Waals surface area contributed by atoms with Crippen LogP contribution in [-0.4, -0.2) is 38.4 Å². The molecule has 4 aromatic rings. The van der Waals surface area contributed by atoms with Gasteiger partial charge in [-0.2, -0.15) is 0 Å². The molecule has 0 saturated carbocycles. The zero-order valence-electron chi connectivity index (χ0n) is 16.6. The van der Waals surface area contributed by atoms with E-state index in [1.54, 1.807) is 53.0 Å². The minimum atomic E-state index is 0.601. The third-order valence-corrected chi connectivity index (χ3v) is 4.63. The summed E-state index contributed by atoms with van der Waals surface area (Å²) in [6.07, 6.45) is 3.38. The van der Waals surface area contributed by atoms with E-state index >= 15 is 0 Å². The van der Waals surface area contributed by atoms with Gasteiger partial charge in [0.2, 0.25) is 0 Å². The fraction of sp³-hybridized carbons (Fsp3) is 0.182. The van der Waals surface area contributed by atoms with E-state index in [0.717, 1.165) is 21.8 Å². The van der Waals surface area contributed by atoms with Crippen molar-refractivity contribution in [2.24, 2.45) is 0 Å². The van der Waals surface area contributed by atoms with E-state index in [9.17, 15) is 0 Å². The Balaban J connectivity index is 1.85. The zero-order chi connectivity index (χ0) is 20.4. The Kier molecular flexibility index (Phi) is 4.95. The Morgan fingerprint density at radius 3 is 1.28 bits per heavy atom. The molecule has 4 rings (SSSR count). The molecule has 0 unspecified atom stereocenters. The minimum Gasteiger partial charge on any atom is -0.493 e. The standard InChI is InChI=1S/C22H20N2O5/c1-25-19-9-13-15(11-21(19)27-3)23-7-5-17(13)29-18-6-8-24-16-12-22(28-4)20(26-2)10-14(16)18/h5-12H,1-4H3. The monoisotopic (exact) mass is 392 g/mol. The molecule has 0 radical (unpaired) electrons. The quantitative estimate of drug-likeness (QED) is 0.474. The fourth-order valence-corrected chi connectivity index (χ4v) is 3.19. The van der Waals surface area contributed by atoms with Crippen LogP contribution in [0.1, 0.15) is 0 Å². The second-order valence-corrected chi connectivity index (χ2v) is 6.17. The first-order valence-electron chi connectivity index (χ1n) is 8.87. The molecule has 0 N–H and O–H groups in total. The highest BCUT2D eigenvalue weighted by atomic mass is 16.5. The Labute approximate surface area is 167 Å². The van der Waals surface area contributed by atoms with Crippen LogP contribution in [0.5, 0.6) is 34.5 Å². The molecular weight excluding hydrogens is 372 g/mol. The summed E-state index contributed by atoms with van der Waals surface area (Å²) in [5.41, 5.74) is 1.47. The molecule has 0 aliphatic carbocycles. The number of fused-ring (bicyclic) bond motifs is 2. The van der Waals surface area contributed by atoms with E-state index in [1.165, 1.54) is 0 Å². The average Bonchev–Trinajstić information content (AvgIpc) is 2.77. The number of methoxy groups -OCH3 is 4. The van der Waals surface area contributed by atoms with Crippen LogP contribution in [0.15, 0.2) is 48.8 Å². The van der Waals surface area contributed by atoms with Crippen molar-refractivity contribution in [1.82, 2.24) is 9.97 Å². The van der Waals surface area contributed by atoms with Gasteiger partial charge in [-0.25, -0.2) is 0 Å². The predicted octanol–water partition coefficient (Wildman–Crippen LogP) is 4.61. The summed E-state index contributed by atoms with van der Waals surface area (Å²) >= 11 is 0. The van der Waals surface area contributed by atoms with Crippen LogP contribution in [0.2, 0.25) is 0 Å². The van der Waals surface area contributed by atoms with Crippen LogP contribution in [0.4, 0.5) is 0 Å². The summed E-state index contributed by atoms with van der Waals surface area (Å²) in [5.74, 6) is 3.69. The molecule has 0 atom stereocenters. The van der Waals surface area contributed by atoms with E-state index in [0.29, 0.717) is 34.5 Å². The van der Waals surface area contributed by atoms with Crippen LogP contribution in [-0.2, 0) is 0 Å². The minimum absolute atomic E-state index is 0.601. The average molecular weight is 392 g/mol. The molecule has 2 aromatic carbocycles. The highest BCUT2D eigenvalue weighted by molar-refractivity contribution is 5.91. The second-order valence-electron chi connectivity index (χ2n) is 6.17. The molecule has 0 amide bonds. The van der Waals surface area contributed by atoms with Gasteiger partial charge in [0.25, 0.3) is 0 Å². The molecule has 148 valence electrons. The molecular formula is C22H20N2O5. The first-order valence-corrected chi connectivity index (χ1v) is 8.87. The molecule has 0 fully saturated rings. The summed E-state index contributed by atoms with van der Waals surface area (Å²) in [6, 6.07) is 11.0. The van der Waals surface area contributed by atoms with Crippen LogP contribution in [0.25, 0.3) is 21.8 Å². The number of aromatic nitrogens is 2. The van der Waals surface area contributed by atoms with Crippen LogP contribution < -0.4 is 23.7 Å². The third-order valence-electron chi connectivity index (χ3n) is 4.63. The molecule has 0 aliphatic heterocycles. The summed E-state index contributed by atoms with van der Waals surface area (Å²) in [4.78, 5) is 8.83. The highest BCUT2D eigenvalue weighted by Gasteiger charge is 2.14. The van der Waals surface area contributed by atoms with Crippen molar-refractivity contribution >= 4 is 21.8 Å². The summed E-state index contributed by atoms with van der Waals surface area (Å²) < 4.78 is 27.9. The molecule has 29 heavy (non-hydrogen) atoms. The third kappa shape index (κ3) is 3.31. The van der Waals surface area contributed by atoms with Crippen molar-refractivity contribution in [1.29, 1.82) is 0 Å². The largest absolute Gasteiger partial charge is 0.493 e. The Morgan fingerprint density at radius 2 is 0.897 bits per heavy atom. The fourth-order valence-electron chi connectivity index (χ4n) is 3.19. The van der Waals surface area contributed by atoms with E-state index in [2.05, 4.69) is 9.97 Å². The topological polar surface area (TPSA) is 71.9 Å². The maximum atomic E-state index is 6.28. The summed E-state index contributed by atoms with van der Waals surface area (Å²) in [6.45, 7) is 0. The van der Waals surface area contributed by atoms with Gasteiger partial charge in [0.05, 0.1) is 39.5 Å². The normalized spacial score (nSPS) is 10.8. The Bertz CT molecular complexity index is 1100. The lowest BCUT2D eigenvalue weighted by Gasteiger charge is -2.14. The number of pyridine rings is 2. The lowest BCUT2D eigenvalue weighted by atomic mass is 10.1. The first kappa shape index (κ1) is 18.6. The highest BCUT2D eigenvalue weighted by Crippen LogP contribution is 2.40. The van der Waals surface area contributed by atoms with Gasteiger partial charge in [0, 0.05) is 35.3 Å². The van der Waals surface area contributed by atoms with Gasteiger partial charge in [0.15, 0.2) is 23.0 Å². The SMILES string of the molecule is COc1cc2nccc(Oc3ccnc4cc(OC)c(OC)cc34)c2cc1OC. The molecule has 7 nitrogen and oxygen atoms in total. The molecule has 7 heteroatoms. The smallest absolute Gasteiger partial charge is 0.162 e. The van der Waals surface area contributed by atoms with E-state index in [4.69, 9.17) is 23.7 Å². The Hall–Kier alpha value is -3.74. The van der Waals surface area contributed by atoms with Gasteiger partial charge >= 0.3 is 0 Å². The molecule has 0 saturated heterocycles. The Morgan fingerprint density at radius 1 is 0.517 bits per heavy atom. The lowest BCUT2D eigenvalue weighted by molar-refractivity contribution is 0.355. The van der Waals surface area contributed by atoms with E-state index < -0.39 is 0 Å². The van der Waals surface area contributed by atoms with Gasteiger partial charge in [-0.1, -0.05) is 0 Å². The number of benzene rings is 2. The first-order chi connectivity index (χ1) is 14.2. The van der Waals surface area contributed by atoms with Crippen LogP contribution in [0.3, 0.4) is 0 Å². The molecule has 2 aromatic heterocycles. The molecule has 2 heterocycles. The maximum absolute atomic E-state index is 6.28. The van der Waals surface area contributed by atoms with E-state index in [1.807, 2.05) is 24.3 Å². The number of hydrogen-bond acceptors (Lipinski definition) is 7. The number of nitrogens with zero attached hydrogens (tertiary/aromatic N) is 2. The van der Waals surface area contributed by atoms with E-state index in [-0.39, 0.29) is 0 Å². The van der Waals surface area contributed by atoms with Gasteiger partial charge in [-0.05, 0) is 24.3 Å². The molecule has 0 bridgehead atoms. The molecule has 0 aliphatic rings. The van der Waals surface area contributed by atoms with Crippen molar-refractivity contribution < 1.29 is 23.7 Å². The number of rotatable bonds is 6. The number of hydrogen-bond donors (Lipinski definition) is 0. The van der Waals surface area contributed by atoms with Crippen molar-refractivity contribution in [3.05, 3.63) is 48.8 Å². The lowest BCUT2D eigenvalue weighted by Crippen LogP contribution is -1.95.